The van der Waals surface area contributed by atoms with Crippen LogP contribution in [0.1, 0.15) is 64.2 Å². The third kappa shape index (κ3) is 7.50. The molecule has 2 saturated carbocycles. The van der Waals surface area contributed by atoms with E-state index in [1.807, 2.05) is 0 Å². The van der Waals surface area contributed by atoms with Crippen molar-refractivity contribution in [3.63, 3.8) is 0 Å². The van der Waals surface area contributed by atoms with Crippen molar-refractivity contribution in [2.24, 2.45) is 0 Å². The van der Waals surface area contributed by atoms with Gasteiger partial charge in [-0.1, -0.05) is 12.8 Å². The maximum atomic E-state index is 13.7. The van der Waals surface area contributed by atoms with Crippen molar-refractivity contribution in [1.82, 2.24) is 0 Å². The molecule has 0 heterocycles. The summed E-state index contributed by atoms with van der Waals surface area (Å²) in [6, 6.07) is 4.30. The lowest BCUT2D eigenvalue weighted by Gasteiger charge is -2.32. The van der Waals surface area contributed by atoms with Gasteiger partial charge in [-0.3, -0.25) is 0 Å². The summed E-state index contributed by atoms with van der Waals surface area (Å²) in [5, 5.41) is 1.02. The van der Waals surface area contributed by atoms with Crippen molar-refractivity contribution in [3.8, 4) is 0 Å². The second kappa shape index (κ2) is 10.0. The lowest BCUT2D eigenvalue weighted by atomic mass is 9.99. The average molecular weight is 398 g/mol. The average Bonchev–Trinajstić information content (AvgIpc) is 2.55. The minimum Gasteiger partial charge on any atom is -0.418 e. The number of hydrogen-bond acceptors (Lipinski definition) is 0. The van der Waals surface area contributed by atoms with Gasteiger partial charge in [-0.05, 0) is 51.4 Å². The van der Waals surface area contributed by atoms with Gasteiger partial charge in [-0.2, -0.15) is 0 Å². The van der Waals surface area contributed by atoms with E-state index in [0.29, 0.717) is 0 Å². The van der Waals surface area contributed by atoms with Crippen molar-refractivity contribution in [2.45, 2.75) is 75.5 Å². The molecular formula is C18H26BF6P. The Morgan fingerprint density at radius 1 is 0.654 bits per heavy atom. The molecule has 0 saturated heterocycles. The Hall–Kier alpha value is -0.705. The van der Waals surface area contributed by atoms with Gasteiger partial charge in [0, 0.05) is 26.1 Å². The number of rotatable bonds is 3. The molecule has 26 heavy (non-hydrogen) atoms. The van der Waals surface area contributed by atoms with E-state index in [1.165, 1.54) is 64.2 Å². The summed E-state index contributed by atoms with van der Waals surface area (Å²) in [5.74, 6) is -0.779. The summed E-state index contributed by atoms with van der Waals surface area (Å²) >= 11 is 0. The van der Waals surface area contributed by atoms with Crippen LogP contribution >= 0.6 is 7.92 Å². The highest BCUT2D eigenvalue weighted by Gasteiger charge is 2.39. The summed E-state index contributed by atoms with van der Waals surface area (Å²) < 4.78 is 66.4. The molecule has 0 spiro atoms. The topological polar surface area (TPSA) is 0 Å². The predicted octanol–water partition coefficient (Wildman–Crippen LogP) is 6.77. The minimum atomic E-state index is -6.00. The van der Waals surface area contributed by atoms with Gasteiger partial charge in [-0.15, -0.1) is 0 Å². The van der Waals surface area contributed by atoms with Gasteiger partial charge in [0.25, 0.3) is 0 Å². The molecule has 0 atom stereocenters. The highest BCUT2D eigenvalue weighted by atomic mass is 31.1. The van der Waals surface area contributed by atoms with E-state index in [4.69, 9.17) is 0 Å². The van der Waals surface area contributed by atoms with Crippen LogP contribution in [0.3, 0.4) is 0 Å². The van der Waals surface area contributed by atoms with Crippen LogP contribution < -0.4 is 5.30 Å². The van der Waals surface area contributed by atoms with Gasteiger partial charge < -0.3 is 17.3 Å². The van der Waals surface area contributed by atoms with Crippen LogP contribution in [0.5, 0.6) is 0 Å². The third-order valence-electron chi connectivity index (χ3n) is 5.29. The van der Waals surface area contributed by atoms with E-state index in [2.05, 4.69) is 0 Å². The van der Waals surface area contributed by atoms with Crippen LogP contribution in [0.15, 0.2) is 18.2 Å². The third-order valence-corrected chi connectivity index (χ3v) is 9.16. The Balaban J connectivity index is 0.000000431. The SMILES string of the molecule is F[B-](F)(F)F.Fc1cc(F)cc([PH+](C2CCCCC2)C2CCCCC2)c1. The first kappa shape index (κ1) is 21.6. The molecule has 0 radical (unpaired) electrons. The standard InChI is InChI=1S/C18H25F2P.BF4/c19-14-11-15(20)13-18(12-14)21(16-7-3-1-4-8-16)17-9-5-2-6-10-17;2-1(3,4)5/h11-13,16-17H,1-10H2;/q;-1/p+1. The van der Waals surface area contributed by atoms with E-state index in [1.54, 1.807) is 12.1 Å². The fourth-order valence-electron chi connectivity index (χ4n) is 4.35. The lowest BCUT2D eigenvalue weighted by molar-refractivity contribution is 0.368. The maximum Gasteiger partial charge on any atom is 0.673 e. The lowest BCUT2D eigenvalue weighted by Crippen LogP contribution is -2.26. The Labute approximate surface area is 152 Å². The molecule has 2 aliphatic rings. The van der Waals surface area contributed by atoms with E-state index in [9.17, 15) is 26.0 Å². The van der Waals surface area contributed by atoms with Gasteiger partial charge in [0.1, 0.15) is 11.6 Å². The first-order valence-corrected chi connectivity index (χ1v) is 11.1. The fourth-order valence-corrected chi connectivity index (χ4v) is 8.63. The molecule has 1 aromatic rings. The second-order valence-electron chi connectivity index (χ2n) is 7.28. The molecule has 148 valence electrons. The van der Waals surface area contributed by atoms with Gasteiger partial charge in [0.15, 0.2) is 0 Å². The van der Waals surface area contributed by atoms with Crippen molar-refractivity contribution >= 4 is 20.5 Å². The van der Waals surface area contributed by atoms with Gasteiger partial charge in [0.2, 0.25) is 0 Å². The highest BCUT2D eigenvalue weighted by molar-refractivity contribution is 7.67. The Morgan fingerprint density at radius 3 is 1.35 bits per heavy atom. The molecule has 2 aliphatic carbocycles. The predicted molar refractivity (Wildman–Crippen MR) is 98.2 cm³/mol. The zero-order valence-electron chi connectivity index (χ0n) is 14.8. The van der Waals surface area contributed by atoms with Crippen molar-refractivity contribution in [3.05, 3.63) is 29.8 Å². The molecule has 2 fully saturated rings. The second-order valence-corrected chi connectivity index (χ2v) is 10.4. The number of benzene rings is 1. The zero-order valence-corrected chi connectivity index (χ0v) is 15.8. The summed E-state index contributed by atoms with van der Waals surface area (Å²) in [5.41, 5.74) is 1.46. The molecule has 0 bridgehead atoms. The first-order valence-electron chi connectivity index (χ1n) is 9.44. The van der Waals surface area contributed by atoms with Crippen LogP contribution in [0.2, 0.25) is 0 Å². The maximum absolute atomic E-state index is 13.7. The number of halogens is 6. The molecule has 0 aromatic heterocycles. The van der Waals surface area contributed by atoms with Crippen LogP contribution in [0.25, 0.3) is 0 Å². The Bertz CT molecular complexity index is 509. The summed E-state index contributed by atoms with van der Waals surface area (Å²) in [4.78, 5) is 0. The largest absolute Gasteiger partial charge is 0.673 e. The summed E-state index contributed by atoms with van der Waals surface area (Å²) in [6.07, 6.45) is 13.0. The molecule has 0 N–H and O–H groups in total. The first-order chi connectivity index (χ1) is 12.2. The minimum absolute atomic E-state index is 0.390. The molecule has 3 rings (SSSR count). The highest BCUT2D eigenvalue weighted by Crippen LogP contribution is 2.54. The summed E-state index contributed by atoms with van der Waals surface area (Å²) in [6.45, 7) is 0. The van der Waals surface area contributed by atoms with Gasteiger partial charge in [0.05, 0.1) is 16.6 Å². The van der Waals surface area contributed by atoms with Gasteiger partial charge >= 0.3 is 7.25 Å². The molecule has 0 amide bonds. The molecule has 1 aromatic carbocycles. The summed E-state index contributed by atoms with van der Waals surface area (Å²) in [7, 11) is -6.85. The molecule has 0 nitrogen and oxygen atoms in total. The fraction of sp³-hybridized carbons (Fsp3) is 0.667. The van der Waals surface area contributed by atoms with E-state index in [0.717, 1.165) is 22.7 Å². The van der Waals surface area contributed by atoms with E-state index >= 15 is 0 Å². The quantitative estimate of drug-likeness (QED) is 0.300. The van der Waals surface area contributed by atoms with Crippen LogP contribution in [-0.2, 0) is 0 Å². The van der Waals surface area contributed by atoms with Crippen molar-refractivity contribution in [2.75, 3.05) is 0 Å². The monoisotopic (exact) mass is 398 g/mol. The molecule has 0 unspecified atom stereocenters. The van der Waals surface area contributed by atoms with Gasteiger partial charge in [-0.25, -0.2) is 8.78 Å². The molecule has 0 aliphatic heterocycles. The van der Waals surface area contributed by atoms with Crippen LogP contribution in [0, 0.1) is 11.6 Å². The normalized spacial score (nSPS) is 20.0. The molecular weight excluding hydrogens is 372 g/mol. The van der Waals surface area contributed by atoms with Crippen molar-refractivity contribution < 1.29 is 26.0 Å². The van der Waals surface area contributed by atoms with E-state index in [-0.39, 0.29) is 11.6 Å². The molecule has 8 heteroatoms. The number of hydrogen-bond donors (Lipinski definition) is 0. The van der Waals surface area contributed by atoms with Crippen LogP contribution in [0.4, 0.5) is 26.0 Å². The smallest absolute Gasteiger partial charge is 0.418 e. The zero-order chi connectivity index (χ0) is 19.2. The van der Waals surface area contributed by atoms with E-state index < -0.39 is 15.2 Å². The van der Waals surface area contributed by atoms with Crippen molar-refractivity contribution in [1.29, 1.82) is 0 Å². The Kier molecular flexibility index (Phi) is 8.31. The Morgan fingerprint density at radius 2 is 1.00 bits per heavy atom. The van der Waals surface area contributed by atoms with Crippen LogP contribution in [-0.4, -0.2) is 18.6 Å².